The standard InChI is InChI=1S/C14H21N5/c1-5-13(9(2)3)19-14(16-17-18-19)11-6-7-12(15)10(4)8-11/h6-9,13H,5,15H2,1-4H3. The molecule has 102 valence electrons. The van der Waals surface area contributed by atoms with Crippen molar-refractivity contribution in [1.29, 1.82) is 0 Å². The van der Waals surface area contributed by atoms with Crippen molar-refractivity contribution >= 4 is 5.69 Å². The minimum absolute atomic E-state index is 0.308. The minimum atomic E-state index is 0.308. The van der Waals surface area contributed by atoms with E-state index in [1.54, 1.807) is 0 Å². The summed E-state index contributed by atoms with van der Waals surface area (Å²) in [5, 5.41) is 12.2. The summed E-state index contributed by atoms with van der Waals surface area (Å²) in [6, 6.07) is 6.21. The second-order valence-corrected chi connectivity index (χ2v) is 5.24. The van der Waals surface area contributed by atoms with Crippen molar-refractivity contribution in [3.8, 4) is 11.4 Å². The molecule has 5 nitrogen and oxygen atoms in total. The molecule has 0 spiro atoms. The molecule has 1 heterocycles. The van der Waals surface area contributed by atoms with Crippen LogP contribution in [0.2, 0.25) is 0 Å². The Labute approximate surface area is 113 Å². The largest absolute Gasteiger partial charge is 0.399 e. The van der Waals surface area contributed by atoms with Crippen LogP contribution in [0, 0.1) is 12.8 Å². The Kier molecular flexibility index (Phi) is 3.83. The second-order valence-electron chi connectivity index (χ2n) is 5.24. The van der Waals surface area contributed by atoms with Crippen LogP contribution in [0.1, 0.15) is 38.8 Å². The highest BCUT2D eigenvalue weighted by atomic mass is 15.5. The second kappa shape index (κ2) is 5.38. The Morgan fingerprint density at radius 3 is 2.63 bits per heavy atom. The van der Waals surface area contributed by atoms with Gasteiger partial charge in [-0.1, -0.05) is 20.8 Å². The number of hydrogen-bond acceptors (Lipinski definition) is 4. The van der Waals surface area contributed by atoms with Crippen LogP contribution in [0.3, 0.4) is 0 Å². The van der Waals surface area contributed by atoms with Gasteiger partial charge in [0.05, 0.1) is 6.04 Å². The zero-order valence-electron chi connectivity index (χ0n) is 12.0. The van der Waals surface area contributed by atoms with Gasteiger partial charge in [0.1, 0.15) is 0 Å². The number of rotatable bonds is 4. The van der Waals surface area contributed by atoms with Crippen LogP contribution in [-0.2, 0) is 0 Å². The molecule has 0 aliphatic heterocycles. The number of nitrogen functional groups attached to an aromatic ring is 1. The predicted octanol–water partition coefficient (Wildman–Crippen LogP) is 2.84. The monoisotopic (exact) mass is 259 g/mol. The number of hydrogen-bond donors (Lipinski definition) is 1. The number of aryl methyl sites for hydroxylation is 1. The van der Waals surface area contributed by atoms with Crippen molar-refractivity contribution < 1.29 is 0 Å². The number of aromatic nitrogens is 4. The number of nitrogens with two attached hydrogens (primary N) is 1. The molecule has 2 N–H and O–H groups in total. The summed E-state index contributed by atoms with van der Waals surface area (Å²) in [5.41, 5.74) is 8.70. The van der Waals surface area contributed by atoms with E-state index in [2.05, 4.69) is 36.3 Å². The highest BCUT2D eigenvalue weighted by Crippen LogP contribution is 2.27. The molecule has 0 fully saturated rings. The van der Waals surface area contributed by atoms with Gasteiger partial charge >= 0.3 is 0 Å². The molecular weight excluding hydrogens is 238 g/mol. The lowest BCUT2D eigenvalue weighted by Gasteiger charge is -2.20. The van der Waals surface area contributed by atoms with Crippen LogP contribution in [0.25, 0.3) is 11.4 Å². The zero-order valence-corrected chi connectivity index (χ0v) is 12.0. The van der Waals surface area contributed by atoms with E-state index in [-0.39, 0.29) is 0 Å². The van der Waals surface area contributed by atoms with Crippen LogP contribution in [-0.4, -0.2) is 20.2 Å². The molecule has 0 saturated carbocycles. The fraction of sp³-hybridized carbons (Fsp3) is 0.500. The molecule has 0 radical (unpaired) electrons. The van der Waals surface area contributed by atoms with Gasteiger partial charge in [-0.3, -0.25) is 0 Å². The summed E-state index contributed by atoms with van der Waals surface area (Å²) >= 11 is 0. The number of tetrazole rings is 1. The van der Waals surface area contributed by atoms with E-state index in [1.807, 2.05) is 29.8 Å². The summed E-state index contributed by atoms with van der Waals surface area (Å²) < 4.78 is 1.93. The van der Waals surface area contributed by atoms with Crippen LogP contribution in [0.15, 0.2) is 18.2 Å². The van der Waals surface area contributed by atoms with Crippen LogP contribution in [0.5, 0.6) is 0 Å². The van der Waals surface area contributed by atoms with E-state index >= 15 is 0 Å². The van der Waals surface area contributed by atoms with E-state index in [0.717, 1.165) is 29.1 Å². The summed E-state index contributed by atoms with van der Waals surface area (Å²) in [5.74, 6) is 1.30. The topological polar surface area (TPSA) is 69.6 Å². The van der Waals surface area contributed by atoms with E-state index in [0.29, 0.717) is 12.0 Å². The van der Waals surface area contributed by atoms with Crippen molar-refractivity contribution in [2.45, 2.75) is 40.2 Å². The molecule has 0 aliphatic rings. The maximum Gasteiger partial charge on any atom is 0.182 e. The SMILES string of the molecule is CCC(C(C)C)n1nnnc1-c1ccc(N)c(C)c1. The summed E-state index contributed by atoms with van der Waals surface area (Å²) in [6.45, 7) is 8.53. The predicted molar refractivity (Wildman–Crippen MR) is 76.6 cm³/mol. The molecule has 0 bridgehead atoms. The Morgan fingerprint density at radius 2 is 2.05 bits per heavy atom. The van der Waals surface area contributed by atoms with Crippen molar-refractivity contribution in [3.63, 3.8) is 0 Å². The lowest BCUT2D eigenvalue weighted by atomic mass is 10.0. The fourth-order valence-electron chi connectivity index (χ4n) is 2.35. The molecule has 2 rings (SSSR count). The first kappa shape index (κ1) is 13.5. The van der Waals surface area contributed by atoms with Gasteiger partial charge in [0.2, 0.25) is 0 Å². The van der Waals surface area contributed by atoms with E-state index in [1.165, 1.54) is 0 Å². The first-order chi connectivity index (χ1) is 9.04. The number of nitrogens with zero attached hydrogens (tertiary/aromatic N) is 4. The van der Waals surface area contributed by atoms with Gasteiger partial charge in [-0.15, -0.1) is 5.10 Å². The number of benzene rings is 1. The number of anilines is 1. The van der Waals surface area contributed by atoms with Crippen LogP contribution in [0.4, 0.5) is 5.69 Å². The van der Waals surface area contributed by atoms with Gasteiger partial charge in [-0.25, -0.2) is 4.68 Å². The molecule has 1 atom stereocenters. The van der Waals surface area contributed by atoms with E-state index in [9.17, 15) is 0 Å². The Balaban J connectivity index is 2.46. The molecular formula is C14H21N5. The average molecular weight is 259 g/mol. The lowest BCUT2D eigenvalue weighted by Crippen LogP contribution is -2.17. The molecule has 2 aromatic rings. The summed E-state index contributed by atoms with van der Waals surface area (Å²) in [6.07, 6.45) is 1.00. The normalized spacial score (nSPS) is 12.9. The fourth-order valence-corrected chi connectivity index (χ4v) is 2.35. The third-order valence-corrected chi connectivity index (χ3v) is 3.52. The molecule has 1 aromatic heterocycles. The minimum Gasteiger partial charge on any atom is -0.399 e. The Hall–Kier alpha value is -1.91. The van der Waals surface area contributed by atoms with Crippen molar-refractivity contribution in [2.24, 2.45) is 5.92 Å². The third-order valence-electron chi connectivity index (χ3n) is 3.52. The average Bonchev–Trinajstić information content (AvgIpc) is 2.82. The maximum atomic E-state index is 5.86. The lowest BCUT2D eigenvalue weighted by molar-refractivity contribution is 0.333. The quantitative estimate of drug-likeness (QED) is 0.857. The van der Waals surface area contributed by atoms with Gasteiger partial charge in [-0.05, 0) is 53.5 Å². The van der Waals surface area contributed by atoms with Gasteiger partial charge < -0.3 is 5.73 Å². The van der Waals surface area contributed by atoms with Gasteiger partial charge in [-0.2, -0.15) is 0 Å². The Bertz CT molecular complexity index is 559. The molecule has 0 saturated heterocycles. The van der Waals surface area contributed by atoms with Gasteiger partial charge in [0.25, 0.3) is 0 Å². The molecule has 1 unspecified atom stereocenters. The van der Waals surface area contributed by atoms with Gasteiger partial charge in [0.15, 0.2) is 5.82 Å². The first-order valence-electron chi connectivity index (χ1n) is 6.69. The summed E-state index contributed by atoms with van der Waals surface area (Å²) in [4.78, 5) is 0. The first-order valence-corrected chi connectivity index (χ1v) is 6.69. The van der Waals surface area contributed by atoms with Crippen molar-refractivity contribution in [3.05, 3.63) is 23.8 Å². The maximum absolute atomic E-state index is 5.86. The van der Waals surface area contributed by atoms with Crippen molar-refractivity contribution in [2.75, 3.05) is 5.73 Å². The van der Waals surface area contributed by atoms with E-state index < -0.39 is 0 Å². The Morgan fingerprint density at radius 1 is 1.32 bits per heavy atom. The molecule has 5 heteroatoms. The third kappa shape index (κ3) is 2.59. The van der Waals surface area contributed by atoms with Crippen LogP contribution < -0.4 is 5.73 Å². The van der Waals surface area contributed by atoms with Gasteiger partial charge in [0, 0.05) is 11.3 Å². The molecule has 0 amide bonds. The zero-order chi connectivity index (χ0) is 14.0. The summed E-state index contributed by atoms with van der Waals surface area (Å²) in [7, 11) is 0. The van der Waals surface area contributed by atoms with Crippen LogP contribution >= 0.6 is 0 Å². The molecule has 1 aromatic carbocycles. The van der Waals surface area contributed by atoms with E-state index in [4.69, 9.17) is 5.73 Å². The molecule has 0 aliphatic carbocycles. The van der Waals surface area contributed by atoms with Crippen molar-refractivity contribution in [1.82, 2.24) is 20.2 Å². The smallest absolute Gasteiger partial charge is 0.182 e. The highest BCUT2D eigenvalue weighted by Gasteiger charge is 2.20. The molecule has 19 heavy (non-hydrogen) atoms. The highest BCUT2D eigenvalue weighted by molar-refractivity contribution is 5.61.